The van der Waals surface area contributed by atoms with Crippen LogP contribution < -0.4 is 5.73 Å². The van der Waals surface area contributed by atoms with Crippen LogP contribution in [-0.4, -0.2) is 19.7 Å². The minimum Gasteiger partial charge on any atom is -0.327 e. The van der Waals surface area contributed by atoms with Gasteiger partial charge >= 0.3 is 0 Å². The molecule has 0 saturated heterocycles. The molecule has 0 amide bonds. The van der Waals surface area contributed by atoms with Gasteiger partial charge < -0.3 is 5.73 Å². The molecule has 114 valence electrons. The molecule has 2 N–H and O–H groups in total. The van der Waals surface area contributed by atoms with Crippen LogP contribution in [0.2, 0.25) is 0 Å². The molecule has 0 saturated carbocycles. The molecular weight excluding hydrogens is 270 g/mol. The molecule has 1 aromatic rings. The average Bonchev–Trinajstić information content (AvgIpc) is 2.38. The molecule has 1 rings (SSSR count). The van der Waals surface area contributed by atoms with Gasteiger partial charge in [0.2, 0.25) is 0 Å². The van der Waals surface area contributed by atoms with E-state index in [0.29, 0.717) is 10.8 Å². The van der Waals surface area contributed by atoms with Gasteiger partial charge in [-0.05, 0) is 56.7 Å². The van der Waals surface area contributed by atoms with Crippen molar-refractivity contribution in [1.82, 2.24) is 0 Å². The van der Waals surface area contributed by atoms with E-state index >= 15 is 0 Å². The van der Waals surface area contributed by atoms with E-state index in [-0.39, 0.29) is 11.3 Å². The third-order valence-corrected chi connectivity index (χ3v) is 5.86. The van der Waals surface area contributed by atoms with Crippen LogP contribution in [-0.2, 0) is 16.3 Å². The Kier molecular flexibility index (Phi) is 6.21. The van der Waals surface area contributed by atoms with Crippen molar-refractivity contribution in [2.45, 2.75) is 63.1 Å². The van der Waals surface area contributed by atoms with E-state index in [4.69, 9.17) is 5.73 Å². The molecule has 0 radical (unpaired) electrons. The van der Waals surface area contributed by atoms with Crippen molar-refractivity contribution in [3.8, 4) is 0 Å². The predicted molar refractivity (Wildman–Crippen MR) is 84.5 cm³/mol. The van der Waals surface area contributed by atoms with Gasteiger partial charge in [0.15, 0.2) is 9.84 Å². The number of nitrogens with two attached hydrogens (primary N) is 1. The van der Waals surface area contributed by atoms with Gasteiger partial charge in [0.1, 0.15) is 0 Å². The summed E-state index contributed by atoms with van der Waals surface area (Å²) >= 11 is 0. The van der Waals surface area contributed by atoms with Gasteiger partial charge in [0, 0.05) is 6.04 Å². The van der Waals surface area contributed by atoms with E-state index in [1.165, 1.54) is 0 Å². The second-order valence-corrected chi connectivity index (χ2v) is 8.55. The van der Waals surface area contributed by atoms with Gasteiger partial charge in [-0.15, -0.1) is 0 Å². The molecular formula is C16H27NO2S. The van der Waals surface area contributed by atoms with Gasteiger partial charge in [0.05, 0.1) is 10.1 Å². The highest BCUT2D eigenvalue weighted by Crippen LogP contribution is 2.18. The first-order chi connectivity index (χ1) is 9.25. The number of benzene rings is 1. The topological polar surface area (TPSA) is 60.2 Å². The first-order valence-electron chi connectivity index (χ1n) is 7.33. The highest BCUT2D eigenvalue weighted by molar-refractivity contribution is 7.92. The summed E-state index contributed by atoms with van der Waals surface area (Å²) in [6.45, 7) is 7.67. The number of sulfone groups is 1. The highest BCUT2D eigenvalue weighted by Gasteiger charge is 2.19. The maximum atomic E-state index is 12.1. The lowest BCUT2D eigenvalue weighted by Gasteiger charge is -2.15. The largest absolute Gasteiger partial charge is 0.327 e. The van der Waals surface area contributed by atoms with Crippen LogP contribution in [0.4, 0.5) is 0 Å². The Morgan fingerprint density at radius 3 is 2.35 bits per heavy atom. The Labute approximate surface area is 123 Å². The number of hydrogen-bond donors (Lipinski definition) is 1. The van der Waals surface area contributed by atoms with Gasteiger partial charge in [0.25, 0.3) is 0 Å². The minimum atomic E-state index is -3.18. The molecule has 0 fully saturated rings. The van der Waals surface area contributed by atoms with E-state index < -0.39 is 9.84 Å². The molecule has 1 atom stereocenters. The first-order valence-corrected chi connectivity index (χ1v) is 8.88. The van der Waals surface area contributed by atoms with E-state index in [0.717, 1.165) is 24.8 Å². The van der Waals surface area contributed by atoms with Crippen LogP contribution in [0.25, 0.3) is 0 Å². The molecule has 0 heterocycles. The summed E-state index contributed by atoms with van der Waals surface area (Å²) in [4.78, 5) is 0.429. The highest BCUT2D eigenvalue weighted by atomic mass is 32.2. The Morgan fingerprint density at radius 2 is 1.80 bits per heavy atom. The molecule has 0 aromatic heterocycles. The summed E-state index contributed by atoms with van der Waals surface area (Å²) in [7, 11) is -3.18. The summed E-state index contributed by atoms with van der Waals surface area (Å²) in [6, 6.07) is 7.51. The Morgan fingerprint density at radius 1 is 1.15 bits per heavy atom. The van der Waals surface area contributed by atoms with Crippen molar-refractivity contribution < 1.29 is 8.42 Å². The molecule has 0 aliphatic rings. The van der Waals surface area contributed by atoms with Crippen molar-refractivity contribution in [2.24, 2.45) is 11.7 Å². The summed E-state index contributed by atoms with van der Waals surface area (Å²) in [5, 5.41) is -0.382. The van der Waals surface area contributed by atoms with Crippen molar-refractivity contribution in [3.63, 3.8) is 0 Å². The summed E-state index contributed by atoms with van der Waals surface area (Å²) < 4.78 is 24.3. The van der Waals surface area contributed by atoms with Crippen molar-refractivity contribution in [2.75, 3.05) is 0 Å². The fourth-order valence-corrected chi connectivity index (χ4v) is 3.15. The molecule has 0 bridgehead atoms. The number of hydrogen-bond acceptors (Lipinski definition) is 3. The van der Waals surface area contributed by atoms with E-state index in [2.05, 4.69) is 13.8 Å². The Balaban J connectivity index is 2.70. The zero-order chi connectivity index (χ0) is 15.3. The van der Waals surface area contributed by atoms with E-state index in [9.17, 15) is 8.42 Å². The quantitative estimate of drug-likeness (QED) is 0.841. The number of aryl methyl sites for hydroxylation is 1. The zero-order valence-electron chi connectivity index (χ0n) is 13.0. The van der Waals surface area contributed by atoms with Crippen molar-refractivity contribution >= 4 is 9.84 Å². The van der Waals surface area contributed by atoms with Gasteiger partial charge in [-0.2, -0.15) is 0 Å². The van der Waals surface area contributed by atoms with Crippen LogP contribution in [0.5, 0.6) is 0 Å². The van der Waals surface area contributed by atoms with Crippen LogP contribution in [0.3, 0.4) is 0 Å². The second-order valence-electron chi connectivity index (χ2n) is 6.04. The summed E-state index contributed by atoms with van der Waals surface area (Å²) in [5.41, 5.74) is 7.10. The van der Waals surface area contributed by atoms with Crippen LogP contribution >= 0.6 is 0 Å². The molecule has 0 aliphatic heterocycles. The predicted octanol–water partition coefficient (Wildman–Crippen LogP) is 3.17. The smallest absolute Gasteiger partial charge is 0.180 e. The molecule has 3 nitrogen and oxygen atoms in total. The van der Waals surface area contributed by atoms with Crippen LogP contribution in [0.1, 0.15) is 46.1 Å². The van der Waals surface area contributed by atoms with Crippen molar-refractivity contribution in [3.05, 3.63) is 29.8 Å². The Bertz CT molecular complexity index is 521. The normalized spacial score (nSPS) is 13.9. The molecule has 1 aromatic carbocycles. The monoisotopic (exact) mass is 297 g/mol. The lowest BCUT2D eigenvalue weighted by Crippen LogP contribution is -2.26. The van der Waals surface area contributed by atoms with E-state index in [1.54, 1.807) is 26.0 Å². The standard InChI is InChI=1S/C16H27NO2S/c1-12(2)16(17)10-6-8-14-7-5-9-15(11-14)20(18,19)13(3)4/h5,7,9,11-13,16H,6,8,10,17H2,1-4H3. The maximum absolute atomic E-state index is 12.1. The third-order valence-electron chi connectivity index (χ3n) is 3.71. The maximum Gasteiger partial charge on any atom is 0.180 e. The van der Waals surface area contributed by atoms with Gasteiger partial charge in [-0.3, -0.25) is 0 Å². The minimum absolute atomic E-state index is 0.220. The second kappa shape index (κ2) is 7.23. The van der Waals surface area contributed by atoms with Crippen LogP contribution in [0.15, 0.2) is 29.2 Å². The molecule has 0 spiro atoms. The fourth-order valence-electron chi connectivity index (χ4n) is 2.03. The third kappa shape index (κ3) is 4.60. The van der Waals surface area contributed by atoms with Crippen molar-refractivity contribution in [1.29, 1.82) is 0 Å². The fraction of sp³-hybridized carbons (Fsp3) is 0.625. The Hall–Kier alpha value is -0.870. The summed E-state index contributed by atoms with van der Waals surface area (Å²) in [5.74, 6) is 0.489. The molecule has 4 heteroatoms. The average molecular weight is 297 g/mol. The molecule has 1 unspecified atom stereocenters. The zero-order valence-corrected chi connectivity index (χ0v) is 13.8. The first kappa shape index (κ1) is 17.2. The summed E-state index contributed by atoms with van der Waals surface area (Å²) in [6.07, 6.45) is 2.84. The SMILES string of the molecule is CC(C)C(N)CCCc1cccc(S(=O)(=O)C(C)C)c1. The lowest BCUT2D eigenvalue weighted by atomic mass is 9.98. The van der Waals surface area contributed by atoms with Crippen LogP contribution in [0, 0.1) is 5.92 Å². The van der Waals surface area contributed by atoms with Gasteiger partial charge in [-0.25, -0.2) is 8.42 Å². The van der Waals surface area contributed by atoms with E-state index in [1.807, 2.05) is 12.1 Å². The van der Waals surface area contributed by atoms with Gasteiger partial charge in [-0.1, -0.05) is 26.0 Å². The number of rotatable bonds is 7. The molecule has 0 aliphatic carbocycles. The lowest BCUT2D eigenvalue weighted by molar-refractivity contribution is 0.452. The molecule has 20 heavy (non-hydrogen) atoms.